The van der Waals surface area contributed by atoms with E-state index in [4.69, 9.17) is 9.05 Å². The van der Waals surface area contributed by atoms with Crippen LogP contribution in [0.2, 0.25) is 0 Å². The van der Waals surface area contributed by atoms with Crippen molar-refractivity contribution in [2.75, 3.05) is 13.2 Å². The first kappa shape index (κ1) is 16.4. The molecule has 107 valence electrons. The van der Waals surface area contributed by atoms with Crippen LogP contribution in [0.1, 0.15) is 37.8 Å². The SMILES string of the molecule is [CH2]Cc1ccc(CP(=O)(OCCC)OCCC)cc1. The van der Waals surface area contributed by atoms with Crippen LogP contribution in [0.5, 0.6) is 0 Å². The molecule has 0 aliphatic carbocycles. The van der Waals surface area contributed by atoms with Gasteiger partial charge in [0.1, 0.15) is 0 Å². The molecule has 4 heteroatoms. The molecule has 0 aliphatic heterocycles. The van der Waals surface area contributed by atoms with Gasteiger partial charge in [0.15, 0.2) is 0 Å². The van der Waals surface area contributed by atoms with Crippen molar-refractivity contribution >= 4 is 7.60 Å². The fourth-order valence-corrected chi connectivity index (χ4v) is 3.46. The topological polar surface area (TPSA) is 35.5 Å². The molecule has 0 aromatic heterocycles. The Bertz CT molecular complexity index is 388. The van der Waals surface area contributed by atoms with Gasteiger partial charge in [-0.2, -0.15) is 0 Å². The van der Waals surface area contributed by atoms with Crippen LogP contribution in [0.3, 0.4) is 0 Å². The molecule has 0 spiro atoms. The molecular formula is C15H24O3P. The lowest BCUT2D eigenvalue weighted by Gasteiger charge is -2.18. The maximum Gasteiger partial charge on any atom is 0.335 e. The molecule has 0 heterocycles. The summed E-state index contributed by atoms with van der Waals surface area (Å²) >= 11 is 0. The van der Waals surface area contributed by atoms with Crippen LogP contribution in [-0.2, 0) is 26.2 Å². The Labute approximate surface area is 116 Å². The van der Waals surface area contributed by atoms with Gasteiger partial charge in [-0.25, -0.2) is 0 Å². The minimum atomic E-state index is -3.01. The van der Waals surface area contributed by atoms with Gasteiger partial charge in [-0.05, 0) is 37.3 Å². The largest absolute Gasteiger partial charge is 0.335 e. The van der Waals surface area contributed by atoms with Crippen molar-refractivity contribution in [2.45, 2.75) is 39.3 Å². The average molecular weight is 283 g/mol. The van der Waals surface area contributed by atoms with Gasteiger partial charge >= 0.3 is 7.60 Å². The van der Waals surface area contributed by atoms with Gasteiger partial charge in [-0.15, -0.1) is 0 Å². The first-order chi connectivity index (χ1) is 9.13. The number of hydrogen-bond donors (Lipinski definition) is 0. The summed E-state index contributed by atoms with van der Waals surface area (Å²) < 4.78 is 23.5. The zero-order chi connectivity index (χ0) is 14.1. The Morgan fingerprint density at radius 3 is 1.89 bits per heavy atom. The van der Waals surface area contributed by atoms with Crippen LogP contribution in [0.15, 0.2) is 24.3 Å². The minimum absolute atomic E-state index is 0.338. The number of rotatable bonds is 9. The summed E-state index contributed by atoms with van der Waals surface area (Å²) in [6.45, 7) is 8.76. The molecule has 0 amide bonds. The van der Waals surface area contributed by atoms with Crippen molar-refractivity contribution in [3.8, 4) is 0 Å². The Morgan fingerprint density at radius 1 is 1.00 bits per heavy atom. The Morgan fingerprint density at radius 2 is 1.47 bits per heavy atom. The van der Waals surface area contributed by atoms with Crippen molar-refractivity contribution in [3.63, 3.8) is 0 Å². The average Bonchev–Trinajstić information content (AvgIpc) is 2.44. The third kappa shape index (κ3) is 5.90. The zero-order valence-corrected chi connectivity index (χ0v) is 12.8. The summed E-state index contributed by atoms with van der Waals surface area (Å²) in [6, 6.07) is 7.95. The van der Waals surface area contributed by atoms with Crippen molar-refractivity contribution < 1.29 is 13.6 Å². The standard InChI is InChI=1S/C15H24O3P/c1-4-11-17-19(16,18-12-5-2)13-15-9-7-14(6-3)8-10-15/h7-10H,3-6,11-13H2,1-2H3. The van der Waals surface area contributed by atoms with E-state index < -0.39 is 7.60 Å². The molecule has 3 nitrogen and oxygen atoms in total. The minimum Gasteiger partial charge on any atom is -0.308 e. The highest BCUT2D eigenvalue weighted by atomic mass is 31.2. The highest BCUT2D eigenvalue weighted by Gasteiger charge is 2.24. The van der Waals surface area contributed by atoms with Gasteiger partial charge in [0.2, 0.25) is 0 Å². The Kier molecular flexibility index (Phi) is 7.37. The van der Waals surface area contributed by atoms with E-state index in [9.17, 15) is 4.57 Å². The predicted molar refractivity (Wildman–Crippen MR) is 79.3 cm³/mol. The van der Waals surface area contributed by atoms with E-state index in [1.807, 2.05) is 38.1 Å². The summed E-state index contributed by atoms with van der Waals surface area (Å²) in [5.74, 6) is 0. The summed E-state index contributed by atoms with van der Waals surface area (Å²) in [5, 5.41) is 0. The molecule has 1 aromatic carbocycles. The van der Waals surface area contributed by atoms with Crippen molar-refractivity contribution in [3.05, 3.63) is 42.3 Å². The highest BCUT2D eigenvalue weighted by Crippen LogP contribution is 2.51. The molecule has 0 aliphatic rings. The summed E-state index contributed by atoms with van der Waals surface area (Å²) in [4.78, 5) is 0. The number of hydrogen-bond acceptors (Lipinski definition) is 3. The lowest BCUT2D eigenvalue weighted by Crippen LogP contribution is -2.01. The van der Waals surface area contributed by atoms with E-state index in [2.05, 4.69) is 6.92 Å². The molecule has 1 radical (unpaired) electrons. The predicted octanol–water partition coefficient (Wildman–Crippen LogP) is 4.61. The van der Waals surface area contributed by atoms with Crippen LogP contribution in [0, 0.1) is 6.92 Å². The van der Waals surface area contributed by atoms with E-state index in [1.54, 1.807) is 0 Å². The highest BCUT2D eigenvalue weighted by molar-refractivity contribution is 7.53. The Balaban J connectivity index is 2.71. The maximum atomic E-state index is 12.6. The second kappa shape index (κ2) is 8.52. The third-order valence-electron chi connectivity index (χ3n) is 2.67. The van der Waals surface area contributed by atoms with Crippen LogP contribution in [0.25, 0.3) is 0 Å². The molecule has 0 atom stereocenters. The monoisotopic (exact) mass is 283 g/mol. The first-order valence-corrected chi connectivity index (χ1v) is 8.61. The van der Waals surface area contributed by atoms with E-state index in [0.29, 0.717) is 19.4 Å². The lowest BCUT2D eigenvalue weighted by molar-refractivity contribution is 0.203. The number of benzene rings is 1. The van der Waals surface area contributed by atoms with Crippen LogP contribution >= 0.6 is 7.60 Å². The Hall–Kier alpha value is -0.630. The van der Waals surface area contributed by atoms with Gasteiger partial charge in [-0.1, -0.05) is 38.1 Å². The van der Waals surface area contributed by atoms with Gasteiger partial charge in [0, 0.05) is 0 Å². The fraction of sp³-hybridized carbons (Fsp3) is 0.533. The van der Waals surface area contributed by atoms with E-state index in [-0.39, 0.29) is 0 Å². The molecule has 0 bridgehead atoms. The molecule has 0 saturated carbocycles. The van der Waals surface area contributed by atoms with E-state index in [1.165, 1.54) is 5.56 Å². The summed E-state index contributed by atoms with van der Waals surface area (Å²) in [7, 11) is -3.01. The summed E-state index contributed by atoms with van der Waals surface area (Å²) in [6.07, 6.45) is 2.76. The van der Waals surface area contributed by atoms with Crippen molar-refractivity contribution in [2.24, 2.45) is 0 Å². The van der Waals surface area contributed by atoms with Crippen LogP contribution in [0.4, 0.5) is 0 Å². The smallest absolute Gasteiger partial charge is 0.308 e. The fourth-order valence-electron chi connectivity index (χ4n) is 1.62. The zero-order valence-electron chi connectivity index (χ0n) is 11.9. The van der Waals surface area contributed by atoms with Gasteiger partial charge in [0.25, 0.3) is 0 Å². The molecule has 0 N–H and O–H groups in total. The molecule has 0 fully saturated rings. The maximum absolute atomic E-state index is 12.6. The van der Waals surface area contributed by atoms with E-state index in [0.717, 1.165) is 24.8 Å². The van der Waals surface area contributed by atoms with Crippen LogP contribution in [-0.4, -0.2) is 13.2 Å². The lowest BCUT2D eigenvalue weighted by atomic mass is 10.1. The second-order valence-electron chi connectivity index (χ2n) is 4.50. The van der Waals surface area contributed by atoms with Gasteiger partial charge in [-0.3, -0.25) is 4.57 Å². The van der Waals surface area contributed by atoms with Gasteiger partial charge < -0.3 is 9.05 Å². The molecule has 1 aromatic rings. The molecule has 0 saturated heterocycles. The van der Waals surface area contributed by atoms with Gasteiger partial charge in [0.05, 0.1) is 19.4 Å². The van der Waals surface area contributed by atoms with Crippen LogP contribution < -0.4 is 0 Å². The molecular weight excluding hydrogens is 259 g/mol. The molecule has 1 rings (SSSR count). The second-order valence-corrected chi connectivity index (χ2v) is 6.56. The molecule has 0 unspecified atom stereocenters. The van der Waals surface area contributed by atoms with E-state index >= 15 is 0 Å². The van der Waals surface area contributed by atoms with Crippen molar-refractivity contribution in [1.82, 2.24) is 0 Å². The third-order valence-corrected chi connectivity index (χ3v) is 4.58. The molecule has 19 heavy (non-hydrogen) atoms. The first-order valence-electron chi connectivity index (χ1n) is 6.88. The normalized spacial score (nSPS) is 11.7. The van der Waals surface area contributed by atoms with Crippen molar-refractivity contribution in [1.29, 1.82) is 0 Å². The summed E-state index contributed by atoms with van der Waals surface area (Å²) in [5.41, 5.74) is 2.15. The quantitative estimate of drug-likeness (QED) is 0.621.